The Kier molecular flexibility index (Phi) is 8.25. The predicted molar refractivity (Wildman–Crippen MR) is 109 cm³/mol. The first kappa shape index (κ1) is 21.7. The number of benzene rings is 1. The van der Waals surface area contributed by atoms with Crippen LogP contribution < -0.4 is 21.7 Å². The van der Waals surface area contributed by atoms with Gasteiger partial charge in [0.25, 0.3) is 5.91 Å². The molecule has 8 nitrogen and oxygen atoms in total. The average molecular weight is 390 g/mol. The predicted octanol–water partition coefficient (Wildman–Crippen LogP) is 0.774. The lowest BCUT2D eigenvalue weighted by Crippen LogP contribution is -2.46. The third-order valence-electron chi connectivity index (χ3n) is 5.20. The summed E-state index contributed by atoms with van der Waals surface area (Å²) in [5, 5.41) is 9.19. The number of nitrogens with zero attached hydrogens (tertiary/aromatic N) is 1. The van der Waals surface area contributed by atoms with Crippen molar-refractivity contribution in [1.29, 1.82) is 0 Å². The zero-order valence-electron chi connectivity index (χ0n) is 16.7. The molecule has 154 valence electrons. The van der Waals surface area contributed by atoms with Gasteiger partial charge in [-0.15, -0.1) is 0 Å². The fourth-order valence-corrected chi connectivity index (χ4v) is 3.23. The number of nitrogens with one attached hydrogen (secondary N) is 3. The van der Waals surface area contributed by atoms with Gasteiger partial charge in [-0.25, -0.2) is 0 Å². The lowest BCUT2D eigenvalue weighted by atomic mass is 9.67. The minimum atomic E-state index is -0.570. The number of hydrogen-bond acceptors (Lipinski definition) is 4. The van der Waals surface area contributed by atoms with Crippen LogP contribution >= 0.6 is 0 Å². The maximum Gasteiger partial charge on any atom is 0.251 e. The van der Waals surface area contributed by atoms with Crippen molar-refractivity contribution in [3.05, 3.63) is 35.4 Å². The van der Waals surface area contributed by atoms with E-state index in [0.29, 0.717) is 17.5 Å². The van der Waals surface area contributed by atoms with Gasteiger partial charge in [0.1, 0.15) is 0 Å². The molecule has 1 aliphatic rings. The smallest absolute Gasteiger partial charge is 0.251 e. The third-order valence-corrected chi connectivity index (χ3v) is 5.20. The van der Waals surface area contributed by atoms with Crippen molar-refractivity contribution in [3.8, 4) is 0 Å². The maximum atomic E-state index is 11.9. The Morgan fingerprint density at radius 2 is 1.89 bits per heavy atom. The molecular weight excluding hydrogens is 358 g/mol. The molecule has 0 aliphatic heterocycles. The number of rotatable bonds is 10. The molecule has 0 unspecified atom stereocenters. The fraction of sp³-hybridized carbons (Fsp3) is 0.550. The Labute approximate surface area is 166 Å². The van der Waals surface area contributed by atoms with Gasteiger partial charge in [0.15, 0.2) is 5.96 Å². The second-order valence-corrected chi connectivity index (χ2v) is 7.22. The summed E-state index contributed by atoms with van der Waals surface area (Å²) in [6, 6.07) is 7.17. The average Bonchev–Trinajstić information content (AvgIpc) is 2.67. The molecule has 5 N–H and O–H groups in total. The van der Waals surface area contributed by atoms with Crippen LogP contribution in [0.15, 0.2) is 29.3 Å². The first-order valence-electron chi connectivity index (χ1n) is 9.57. The third kappa shape index (κ3) is 6.53. The van der Waals surface area contributed by atoms with E-state index in [2.05, 4.69) is 20.9 Å². The van der Waals surface area contributed by atoms with E-state index in [1.807, 2.05) is 12.1 Å². The normalized spacial score (nSPS) is 15.4. The Bertz CT molecular complexity index is 684. The second kappa shape index (κ2) is 10.7. The van der Waals surface area contributed by atoms with Crippen LogP contribution in [0.25, 0.3) is 0 Å². The molecule has 1 fully saturated rings. The maximum absolute atomic E-state index is 11.9. The number of primary amides is 1. The number of aliphatic imine (C=N–C) groups is 1. The number of hydrogen-bond donors (Lipinski definition) is 4. The van der Waals surface area contributed by atoms with Gasteiger partial charge in [-0.3, -0.25) is 14.6 Å². The lowest BCUT2D eigenvalue weighted by molar-refractivity contribution is -0.117. The number of nitrogens with two attached hydrogens (primary N) is 1. The molecule has 0 aromatic heterocycles. The standard InChI is InChI=1S/C20H31N5O3/c1-22-19(25-14-20(8-3-9-20)10-11-28-2)24-12-15-4-6-16(7-5-15)18(27)23-13-17(21)26/h4-7H,3,8-14H2,1-2H3,(H2,21,26)(H,23,27)(H2,22,24,25). The van der Waals surface area contributed by atoms with E-state index in [-0.39, 0.29) is 12.5 Å². The lowest BCUT2D eigenvalue weighted by Gasteiger charge is -2.42. The molecule has 0 bridgehead atoms. The topological polar surface area (TPSA) is 118 Å². The van der Waals surface area contributed by atoms with E-state index < -0.39 is 5.91 Å². The van der Waals surface area contributed by atoms with Crippen molar-refractivity contribution in [2.24, 2.45) is 16.1 Å². The largest absolute Gasteiger partial charge is 0.385 e. The number of ether oxygens (including phenoxy) is 1. The Morgan fingerprint density at radius 1 is 1.18 bits per heavy atom. The van der Waals surface area contributed by atoms with Gasteiger partial charge in [0.2, 0.25) is 5.91 Å². The van der Waals surface area contributed by atoms with Gasteiger partial charge in [-0.05, 0) is 42.4 Å². The highest BCUT2D eigenvalue weighted by Crippen LogP contribution is 2.43. The first-order valence-corrected chi connectivity index (χ1v) is 9.57. The summed E-state index contributed by atoms with van der Waals surface area (Å²) in [4.78, 5) is 26.9. The molecule has 1 aromatic rings. The van der Waals surface area contributed by atoms with Crippen LogP contribution in [-0.2, 0) is 16.1 Å². The van der Waals surface area contributed by atoms with Crippen LogP contribution in [0.3, 0.4) is 0 Å². The summed E-state index contributed by atoms with van der Waals surface area (Å²) in [5.74, 6) is -0.136. The van der Waals surface area contributed by atoms with Crippen molar-refractivity contribution in [1.82, 2.24) is 16.0 Å². The highest BCUT2D eigenvalue weighted by Gasteiger charge is 2.36. The summed E-state index contributed by atoms with van der Waals surface area (Å²) >= 11 is 0. The Balaban J connectivity index is 1.79. The number of guanidine groups is 1. The zero-order chi connectivity index (χ0) is 20.4. The molecule has 1 aliphatic carbocycles. The van der Waals surface area contributed by atoms with E-state index in [0.717, 1.165) is 31.1 Å². The fourth-order valence-electron chi connectivity index (χ4n) is 3.23. The van der Waals surface area contributed by atoms with Crippen molar-refractivity contribution in [3.63, 3.8) is 0 Å². The van der Waals surface area contributed by atoms with Crippen molar-refractivity contribution >= 4 is 17.8 Å². The first-order chi connectivity index (χ1) is 13.5. The van der Waals surface area contributed by atoms with Crippen LogP contribution in [0, 0.1) is 5.41 Å². The number of carbonyl (C=O) groups is 2. The van der Waals surface area contributed by atoms with E-state index in [9.17, 15) is 9.59 Å². The molecule has 28 heavy (non-hydrogen) atoms. The second-order valence-electron chi connectivity index (χ2n) is 7.22. The Hall–Kier alpha value is -2.61. The molecule has 0 radical (unpaired) electrons. The summed E-state index contributed by atoms with van der Waals surface area (Å²) < 4.78 is 5.24. The summed E-state index contributed by atoms with van der Waals surface area (Å²) in [6.07, 6.45) is 4.78. The quantitative estimate of drug-likeness (QED) is 0.348. The van der Waals surface area contributed by atoms with E-state index in [1.165, 1.54) is 19.3 Å². The molecule has 0 atom stereocenters. The molecule has 1 saturated carbocycles. The van der Waals surface area contributed by atoms with Gasteiger partial charge in [0.05, 0.1) is 6.54 Å². The zero-order valence-corrected chi connectivity index (χ0v) is 16.7. The number of amides is 2. The molecule has 1 aromatic carbocycles. The monoisotopic (exact) mass is 389 g/mol. The van der Waals surface area contributed by atoms with Crippen LogP contribution in [0.1, 0.15) is 41.6 Å². The summed E-state index contributed by atoms with van der Waals surface area (Å²) in [6.45, 7) is 2.09. The van der Waals surface area contributed by atoms with Crippen molar-refractivity contribution < 1.29 is 14.3 Å². The van der Waals surface area contributed by atoms with Crippen molar-refractivity contribution in [2.75, 3.05) is 33.9 Å². The van der Waals surface area contributed by atoms with Gasteiger partial charge >= 0.3 is 0 Å². The van der Waals surface area contributed by atoms with E-state index >= 15 is 0 Å². The van der Waals surface area contributed by atoms with Crippen LogP contribution in [0.4, 0.5) is 0 Å². The van der Waals surface area contributed by atoms with Crippen molar-refractivity contribution in [2.45, 2.75) is 32.2 Å². The van der Waals surface area contributed by atoms with Gasteiger partial charge in [-0.1, -0.05) is 18.6 Å². The van der Waals surface area contributed by atoms with Crippen LogP contribution in [-0.4, -0.2) is 51.6 Å². The Morgan fingerprint density at radius 3 is 2.43 bits per heavy atom. The molecule has 0 spiro atoms. The summed E-state index contributed by atoms with van der Waals surface area (Å²) in [7, 11) is 3.50. The molecule has 0 saturated heterocycles. The molecular formula is C20H31N5O3. The minimum Gasteiger partial charge on any atom is -0.385 e. The highest BCUT2D eigenvalue weighted by atomic mass is 16.5. The van der Waals surface area contributed by atoms with Gasteiger partial charge in [0, 0.05) is 39.4 Å². The van der Waals surface area contributed by atoms with Crippen LogP contribution in [0.5, 0.6) is 0 Å². The van der Waals surface area contributed by atoms with Gasteiger partial charge in [-0.2, -0.15) is 0 Å². The number of carbonyl (C=O) groups excluding carboxylic acids is 2. The minimum absolute atomic E-state index is 0.171. The number of methoxy groups -OCH3 is 1. The highest BCUT2D eigenvalue weighted by molar-refractivity contribution is 5.96. The SMILES string of the molecule is CN=C(NCc1ccc(C(=O)NCC(N)=O)cc1)NCC1(CCOC)CCC1. The van der Waals surface area contributed by atoms with E-state index in [4.69, 9.17) is 10.5 Å². The molecule has 2 amide bonds. The molecule has 2 rings (SSSR count). The molecule has 0 heterocycles. The van der Waals surface area contributed by atoms with Crippen LogP contribution in [0.2, 0.25) is 0 Å². The van der Waals surface area contributed by atoms with E-state index in [1.54, 1.807) is 26.3 Å². The van der Waals surface area contributed by atoms with Gasteiger partial charge < -0.3 is 26.4 Å². The summed E-state index contributed by atoms with van der Waals surface area (Å²) in [5.41, 5.74) is 6.84. The molecule has 8 heteroatoms.